The SMILES string of the molecule is CC(C)(C)OC(=O)N1C2CCCC1CC(C(=O)Cc1ccccc1F)C2. The summed E-state index contributed by atoms with van der Waals surface area (Å²) in [6, 6.07) is 6.55. The van der Waals surface area contributed by atoms with Gasteiger partial charge in [0.05, 0.1) is 0 Å². The van der Waals surface area contributed by atoms with Gasteiger partial charge >= 0.3 is 6.09 Å². The number of hydrogen-bond donors (Lipinski definition) is 0. The molecule has 5 heteroatoms. The first-order chi connectivity index (χ1) is 12.2. The zero-order chi connectivity index (χ0) is 18.9. The second-order valence-electron chi connectivity index (χ2n) is 8.53. The van der Waals surface area contributed by atoms with Gasteiger partial charge in [0.1, 0.15) is 17.2 Å². The summed E-state index contributed by atoms with van der Waals surface area (Å²) in [5.41, 5.74) is -0.0691. The van der Waals surface area contributed by atoms with E-state index in [-0.39, 0.29) is 42.1 Å². The molecule has 2 fully saturated rings. The largest absolute Gasteiger partial charge is 0.444 e. The number of hydrogen-bond acceptors (Lipinski definition) is 3. The molecule has 2 heterocycles. The van der Waals surface area contributed by atoms with Gasteiger partial charge in [0.15, 0.2) is 0 Å². The molecule has 0 aliphatic carbocycles. The number of benzene rings is 1. The number of carbonyl (C=O) groups excluding carboxylic acids is 2. The van der Waals surface area contributed by atoms with Gasteiger partial charge in [-0.2, -0.15) is 0 Å². The molecule has 3 rings (SSSR count). The summed E-state index contributed by atoms with van der Waals surface area (Å²) < 4.78 is 19.4. The predicted octanol–water partition coefficient (Wildman–Crippen LogP) is 4.51. The minimum absolute atomic E-state index is 0.0481. The minimum atomic E-state index is -0.525. The molecule has 1 aromatic carbocycles. The van der Waals surface area contributed by atoms with E-state index in [1.54, 1.807) is 18.2 Å². The molecular formula is C21H28FNO3. The summed E-state index contributed by atoms with van der Waals surface area (Å²) in [6.45, 7) is 5.60. The van der Waals surface area contributed by atoms with Crippen molar-refractivity contribution in [2.24, 2.45) is 5.92 Å². The van der Waals surface area contributed by atoms with Crippen LogP contribution in [0.4, 0.5) is 9.18 Å². The molecule has 4 nitrogen and oxygen atoms in total. The lowest BCUT2D eigenvalue weighted by Gasteiger charge is -2.48. The Kier molecular flexibility index (Phi) is 5.35. The Morgan fingerprint density at radius 3 is 2.35 bits per heavy atom. The van der Waals surface area contributed by atoms with Crippen LogP contribution in [0.1, 0.15) is 58.4 Å². The first-order valence-corrected chi connectivity index (χ1v) is 9.52. The monoisotopic (exact) mass is 361 g/mol. The van der Waals surface area contributed by atoms with E-state index in [9.17, 15) is 14.0 Å². The number of ether oxygens (including phenoxy) is 1. The molecule has 2 aliphatic heterocycles. The maximum absolute atomic E-state index is 13.9. The summed E-state index contributed by atoms with van der Waals surface area (Å²) >= 11 is 0. The number of fused-ring (bicyclic) bond motifs is 2. The third-order valence-corrected chi connectivity index (χ3v) is 5.36. The number of carbonyl (C=O) groups is 2. The van der Waals surface area contributed by atoms with Crippen LogP contribution in [-0.2, 0) is 16.0 Å². The first-order valence-electron chi connectivity index (χ1n) is 9.52. The van der Waals surface area contributed by atoms with Crippen molar-refractivity contribution in [3.8, 4) is 0 Å². The average Bonchev–Trinajstić information content (AvgIpc) is 2.54. The van der Waals surface area contributed by atoms with Gasteiger partial charge in [-0.05, 0) is 64.5 Å². The normalized spacial score (nSPS) is 25.7. The lowest BCUT2D eigenvalue weighted by molar-refractivity contribution is -0.126. The van der Waals surface area contributed by atoms with Gasteiger partial charge in [-0.25, -0.2) is 9.18 Å². The molecule has 0 spiro atoms. The highest BCUT2D eigenvalue weighted by Crippen LogP contribution is 2.38. The van der Waals surface area contributed by atoms with Crippen molar-refractivity contribution in [2.75, 3.05) is 0 Å². The summed E-state index contributed by atoms with van der Waals surface area (Å²) in [6.07, 6.45) is 4.04. The predicted molar refractivity (Wildman–Crippen MR) is 97.3 cm³/mol. The third kappa shape index (κ3) is 4.25. The lowest BCUT2D eigenvalue weighted by atomic mass is 9.76. The van der Waals surface area contributed by atoms with Crippen molar-refractivity contribution >= 4 is 11.9 Å². The molecule has 0 saturated carbocycles. The fraction of sp³-hybridized carbons (Fsp3) is 0.619. The molecule has 2 unspecified atom stereocenters. The molecule has 0 N–H and O–H groups in total. The van der Waals surface area contributed by atoms with E-state index in [1.807, 2.05) is 25.7 Å². The molecule has 2 saturated heterocycles. The Morgan fingerprint density at radius 1 is 1.15 bits per heavy atom. The van der Waals surface area contributed by atoms with Crippen LogP contribution in [0.25, 0.3) is 0 Å². The van der Waals surface area contributed by atoms with Crippen LogP contribution in [0.3, 0.4) is 0 Å². The highest BCUT2D eigenvalue weighted by atomic mass is 19.1. The maximum atomic E-state index is 13.9. The highest BCUT2D eigenvalue weighted by Gasteiger charge is 2.44. The van der Waals surface area contributed by atoms with Gasteiger partial charge in [0.25, 0.3) is 0 Å². The van der Waals surface area contributed by atoms with Gasteiger partial charge in [0, 0.05) is 24.4 Å². The quantitative estimate of drug-likeness (QED) is 0.796. The van der Waals surface area contributed by atoms with E-state index in [1.165, 1.54) is 6.07 Å². The number of rotatable bonds is 3. The van der Waals surface area contributed by atoms with E-state index in [2.05, 4.69) is 0 Å². The van der Waals surface area contributed by atoms with Crippen molar-refractivity contribution in [1.82, 2.24) is 4.90 Å². The van der Waals surface area contributed by atoms with Crippen LogP contribution in [-0.4, -0.2) is 34.5 Å². The van der Waals surface area contributed by atoms with Crippen molar-refractivity contribution in [3.05, 3.63) is 35.6 Å². The highest BCUT2D eigenvalue weighted by molar-refractivity contribution is 5.84. The van der Waals surface area contributed by atoms with Crippen LogP contribution >= 0.6 is 0 Å². The number of halogens is 1. The number of piperidine rings is 2. The fourth-order valence-corrected chi connectivity index (χ4v) is 4.23. The lowest BCUT2D eigenvalue weighted by Crippen LogP contribution is -2.56. The molecule has 2 atom stereocenters. The molecule has 2 aliphatic rings. The summed E-state index contributed by atoms with van der Waals surface area (Å²) in [7, 11) is 0. The summed E-state index contributed by atoms with van der Waals surface area (Å²) in [4.78, 5) is 27.2. The van der Waals surface area contributed by atoms with Crippen molar-refractivity contribution < 1.29 is 18.7 Å². The van der Waals surface area contributed by atoms with Crippen molar-refractivity contribution in [1.29, 1.82) is 0 Å². The summed E-state index contributed by atoms with van der Waals surface area (Å²) in [5.74, 6) is -0.355. The van der Waals surface area contributed by atoms with Gasteiger partial charge in [-0.15, -0.1) is 0 Å². The van der Waals surface area contributed by atoms with Crippen molar-refractivity contribution in [3.63, 3.8) is 0 Å². The zero-order valence-corrected chi connectivity index (χ0v) is 15.8. The fourth-order valence-electron chi connectivity index (χ4n) is 4.23. The smallest absolute Gasteiger partial charge is 0.410 e. The third-order valence-electron chi connectivity index (χ3n) is 5.36. The number of ketones is 1. The van der Waals surface area contributed by atoms with Crippen LogP contribution in [0, 0.1) is 11.7 Å². The van der Waals surface area contributed by atoms with Crippen molar-refractivity contribution in [2.45, 2.75) is 77.0 Å². The van der Waals surface area contributed by atoms with Crippen LogP contribution in [0.5, 0.6) is 0 Å². The average molecular weight is 361 g/mol. The van der Waals surface area contributed by atoms with E-state index in [0.717, 1.165) is 19.3 Å². The Labute approximate surface area is 154 Å². The summed E-state index contributed by atoms with van der Waals surface area (Å²) in [5, 5.41) is 0. The molecule has 1 amide bonds. The standard InChI is InChI=1S/C21H28FNO3/c1-21(2,3)26-20(25)23-16-8-6-9-17(23)12-15(11-16)19(24)13-14-7-4-5-10-18(14)22/h4-5,7,10,15-17H,6,8-9,11-13H2,1-3H3. The molecule has 2 bridgehead atoms. The van der Waals surface area contributed by atoms with Crippen LogP contribution in [0.2, 0.25) is 0 Å². The molecule has 0 radical (unpaired) electrons. The molecule has 1 aromatic rings. The van der Waals surface area contributed by atoms with Gasteiger partial charge < -0.3 is 9.64 Å². The number of amides is 1. The van der Waals surface area contributed by atoms with E-state index >= 15 is 0 Å². The number of Topliss-reactive ketones (excluding diaryl/α,β-unsaturated/α-hetero) is 1. The second-order valence-corrected chi connectivity index (χ2v) is 8.53. The molecule has 142 valence electrons. The number of nitrogens with zero attached hydrogens (tertiary/aromatic N) is 1. The van der Waals surface area contributed by atoms with Crippen LogP contribution in [0.15, 0.2) is 24.3 Å². The maximum Gasteiger partial charge on any atom is 0.410 e. The zero-order valence-electron chi connectivity index (χ0n) is 15.8. The van der Waals surface area contributed by atoms with E-state index in [4.69, 9.17) is 4.74 Å². The Morgan fingerprint density at radius 2 is 1.77 bits per heavy atom. The Bertz CT molecular complexity index is 668. The van der Waals surface area contributed by atoms with Gasteiger partial charge in [0.2, 0.25) is 0 Å². The van der Waals surface area contributed by atoms with Crippen LogP contribution < -0.4 is 0 Å². The van der Waals surface area contributed by atoms with Gasteiger partial charge in [-0.1, -0.05) is 18.2 Å². The topological polar surface area (TPSA) is 46.6 Å². The molecule has 26 heavy (non-hydrogen) atoms. The first kappa shape index (κ1) is 18.9. The minimum Gasteiger partial charge on any atom is -0.444 e. The van der Waals surface area contributed by atoms with E-state index in [0.29, 0.717) is 18.4 Å². The Balaban J connectivity index is 1.68. The molecular weight excluding hydrogens is 333 g/mol. The van der Waals surface area contributed by atoms with Gasteiger partial charge in [-0.3, -0.25) is 4.79 Å². The van der Waals surface area contributed by atoms with E-state index < -0.39 is 5.60 Å². The Hall–Kier alpha value is -1.91. The second kappa shape index (κ2) is 7.37. The molecule has 0 aromatic heterocycles.